The number of hydrogen-bond donors (Lipinski definition) is 1. The fourth-order valence-electron chi connectivity index (χ4n) is 2.03. The van der Waals surface area contributed by atoms with E-state index in [0.29, 0.717) is 0 Å². The molecule has 16 heavy (non-hydrogen) atoms. The fraction of sp³-hybridized carbons (Fsp3) is 0.417. The molecule has 0 spiro atoms. The number of rotatable bonds is 4. The Morgan fingerprint density at radius 1 is 1.56 bits per heavy atom. The zero-order valence-electron chi connectivity index (χ0n) is 9.00. The van der Waals surface area contributed by atoms with Crippen molar-refractivity contribution in [3.8, 4) is 5.75 Å². The zero-order valence-corrected chi connectivity index (χ0v) is 10.6. The minimum absolute atomic E-state index is 0.156. The summed E-state index contributed by atoms with van der Waals surface area (Å²) in [6.07, 6.45) is 2.10. The van der Waals surface area contributed by atoms with Crippen LogP contribution in [0.15, 0.2) is 22.7 Å². The molecule has 2 rings (SSSR count). The summed E-state index contributed by atoms with van der Waals surface area (Å²) in [5.74, 6) is 0.0435. The summed E-state index contributed by atoms with van der Waals surface area (Å²) in [5, 5.41) is 8.90. The molecule has 1 aromatic carbocycles. The van der Waals surface area contributed by atoms with Crippen molar-refractivity contribution in [3.63, 3.8) is 0 Å². The second kappa shape index (κ2) is 4.09. The lowest BCUT2D eigenvalue weighted by Crippen LogP contribution is -2.13. The molecule has 4 heteroatoms. The van der Waals surface area contributed by atoms with Crippen LogP contribution in [0.2, 0.25) is 0 Å². The largest absolute Gasteiger partial charge is 0.497 e. The van der Waals surface area contributed by atoms with E-state index in [2.05, 4.69) is 15.9 Å². The minimum atomic E-state index is -0.736. The molecule has 0 heterocycles. The topological polar surface area (TPSA) is 46.5 Å². The lowest BCUT2D eigenvalue weighted by Gasteiger charge is -2.15. The molecule has 0 bridgehead atoms. The molecule has 0 saturated heterocycles. The van der Waals surface area contributed by atoms with E-state index < -0.39 is 5.97 Å². The minimum Gasteiger partial charge on any atom is -0.497 e. The number of benzene rings is 1. The van der Waals surface area contributed by atoms with Crippen LogP contribution in [0.25, 0.3) is 0 Å². The number of hydrogen-bond acceptors (Lipinski definition) is 2. The Bertz CT molecular complexity index is 424. The van der Waals surface area contributed by atoms with Gasteiger partial charge in [0.25, 0.3) is 0 Å². The first-order chi connectivity index (χ1) is 7.57. The predicted molar refractivity (Wildman–Crippen MR) is 63.9 cm³/mol. The number of aliphatic carboxylic acids is 1. The van der Waals surface area contributed by atoms with Crippen LogP contribution in [-0.2, 0) is 10.2 Å². The molecule has 1 fully saturated rings. The molecule has 1 aliphatic rings. The molecule has 86 valence electrons. The van der Waals surface area contributed by atoms with Crippen molar-refractivity contribution < 1.29 is 14.6 Å². The van der Waals surface area contributed by atoms with E-state index in [9.17, 15) is 4.79 Å². The Labute approximate surface area is 103 Å². The third-order valence-corrected chi connectivity index (χ3v) is 3.75. The summed E-state index contributed by atoms with van der Waals surface area (Å²) in [7, 11) is 1.62. The number of methoxy groups -OCH3 is 1. The van der Waals surface area contributed by atoms with E-state index in [0.717, 1.165) is 28.6 Å². The molecule has 0 aromatic heterocycles. The van der Waals surface area contributed by atoms with Crippen molar-refractivity contribution >= 4 is 21.9 Å². The standard InChI is InChI=1S/C12H13BrO3/c1-16-8-2-3-9(10(13)6-8)12(4-5-12)7-11(14)15/h2-3,6H,4-5,7H2,1H3,(H,14,15). The molecule has 0 atom stereocenters. The van der Waals surface area contributed by atoms with Crippen molar-refractivity contribution in [1.82, 2.24) is 0 Å². The second-order valence-corrected chi connectivity index (χ2v) is 5.05. The van der Waals surface area contributed by atoms with Gasteiger partial charge in [-0.15, -0.1) is 0 Å². The molecular formula is C12H13BrO3. The van der Waals surface area contributed by atoms with E-state index in [1.165, 1.54) is 0 Å². The maximum Gasteiger partial charge on any atom is 0.304 e. The van der Waals surface area contributed by atoms with Crippen molar-refractivity contribution in [2.24, 2.45) is 0 Å². The zero-order chi connectivity index (χ0) is 11.8. The van der Waals surface area contributed by atoms with Crippen molar-refractivity contribution in [3.05, 3.63) is 28.2 Å². The Balaban J connectivity index is 2.30. The van der Waals surface area contributed by atoms with Crippen LogP contribution in [0.5, 0.6) is 5.75 Å². The third-order valence-electron chi connectivity index (χ3n) is 3.09. The molecule has 0 radical (unpaired) electrons. The van der Waals surface area contributed by atoms with Gasteiger partial charge in [-0.05, 0) is 30.5 Å². The predicted octanol–water partition coefficient (Wildman–Crippen LogP) is 2.96. The molecular weight excluding hydrogens is 272 g/mol. The van der Waals surface area contributed by atoms with E-state index in [1.807, 2.05) is 18.2 Å². The van der Waals surface area contributed by atoms with E-state index in [1.54, 1.807) is 7.11 Å². The number of carboxylic acids is 1. The number of carbonyl (C=O) groups is 1. The van der Waals surface area contributed by atoms with E-state index >= 15 is 0 Å². The van der Waals surface area contributed by atoms with Gasteiger partial charge < -0.3 is 9.84 Å². The van der Waals surface area contributed by atoms with Gasteiger partial charge in [0.05, 0.1) is 13.5 Å². The van der Waals surface area contributed by atoms with Crippen LogP contribution in [0.3, 0.4) is 0 Å². The quantitative estimate of drug-likeness (QED) is 0.925. The lowest BCUT2D eigenvalue weighted by molar-refractivity contribution is -0.137. The monoisotopic (exact) mass is 284 g/mol. The van der Waals surface area contributed by atoms with Crippen molar-refractivity contribution in [2.75, 3.05) is 7.11 Å². The van der Waals surface area contributed by atoms with Gasteiger partial charge in [-0.2, -0.15) is 0 Å². The normalized spacial score (nSPS) is 16.9. The summed E-state index contributed by atoms with van der Waals surface area (Å²) in [5.41, 5.74) is 0.924. The number of halogens is 1. The molecule has 1 N–H and O–H groups in total. The summed E-state index contributed by atoms with van der Waals surface area (Å²) < 4.78 is 6.05. The lowest BCUT2D eigenvalue weighted by atomic mass is 9.92. The second-order valence-electron chi connectivity index (χ2n) is 4.20. The first-order valence-electron chi connectivity index (χ1n) is 5.13. The van der Waals surface area contributed by atoms with Gasteiger partial charge in [0.15, 0.2) is 0 Å². The van der Waals surface area contributed by atoms with Gasteiger partial charge in [0, 0.05) is 9.89 Å². The highest BCUT2D eigenvalue weighted by molar-refractivity contribution is 9.10. The Morgan fingerprint density at radius 3 is 2.69 bits per heavy atom. The highest BCUT2D eigenvalue weighted by Crippen LogP contribution is 2.53. The maximum absolute atomic E-state index is 10.8. The number of carboxylic acid groups (broad SMARTS) is 1. The van der Waals surface area contributed by atoms with Crippen molar-refractivity contribution in [1.29, 1.82) is 0 Å². The molecule has 1 saturated carbocycles. The first-order valence-corrected chi connectivity index (χ1v) is 5.92. The average molecular weight is 285 g/mol. The summed E-state index contributed by atoms with van der Waals surface area (Å²) in [4.78, 5) is 10.8. The summed E-state index contributed by atoms with van der Waals surface area (Å²) >= 11 is 3.48. The SMILES string of the molecule is COc1ccc(C2(CC(=O)O)CC2)c(Br)c1. The highest BCUT2D eigenvalue weighted by atomic mass is 79.9. The fourth-order valence-corrected chi connectivity index (χ4v) is 2.81. The summed E-state index contributed by atoms with van der Waals surface area (Å²) in [6, 6.07) is 5.72. The number of ether oxygens (including phenoxy) is 1. The van der Waals surface area contributed by atoms with Gasteiger partial charge in [0.2, 0.25) is 0 Å². The van der Waals surface area contributed by atoms with Gasteiger partial charge in [-0.25, -0.2) is 0 Å². The first kappa shape index (κ1) is 11.5. The van der Waals surface area contributed by atoms with Crippen LogP contribution >= 0.6 is 15.9 Å². The molecule has 0 aliphatic heterocycles. The molecule has 1 aliphatic carbocycles. The van der Waals surface area contributed by atoms with Crippen LogP contribution in [0.1, 0.15) is 24.8 Å². The van der Waals surface area contributed by atoms with Crippen LogP contribution in [0, 0.1) is 0 Å². The molecule has 0 amide bonds. The van der Waals surface area contributed by atoms with Crippen LogP contribution in [-0.4, -0.2) is 18.2 Å². The average Bonchev–Trinajstić information content (AvgIpc) is 2.97. The molecule has 1 aromatic rings. The van der Waals surface area contributed by atoms with Crippen molar-refractivity contribution in [2.45, 2.75) is 24.7 Å². The Hall–Kier alpha value is -1.03. The van der Waals surface area contributed by atoms with Gasteiger partial charge in [0.1, 0.15) is 5.75 Å². The van der Waals surface area contributed by atoms with E-state index in [-0.39, 0.29) is 11.8 Å². The van der Waals surface area contributed by atoms with Gasteiger partial charge in [-0.1, -0.05) is 22.0 Å². The Morgan fingerprint density at radius 2 is 2.25 bits per heavy atom. The van der Waals surface area contributed by atoms with E-state index in [4.69, 9.17) is 9.84 Å². The third kappa shape index (κ3) is 2.07. The Kier molecular flexibility index (Phi) is 2.93. The molecule has 0 unspecified atom stereocenters. The highest BCUT2D eigenvalue weighted by Gasteiger charge is 2.47. The van der Waals surface area contributed by atoms with Gasteiger partial charge in [-0.3, -0.25) is 4.79 Å². The smallest absolute Gasteiger partial charge is 0.304 e. The van der Waals surface area contributed by atoms with Crippen LogP contribution < -0.4 is 4.74 Å². The molecule has 3 nitrogen and oxygen atoms in total. The maximum atomic E-state index is 10.8. The summed E-state index contributed by atoms with van der Waals surface area (Å²) in [6.45, 7) is 0. The van der Waals surface area contributed by atoms with Crippen LogP contribution in [0.4, 0.5) is 0 Å². The van der Waals surface area contributed by atoms with Gasteiger partial charge >= 0.3 is 5.97 Å².